The van der Waals surface area contributed by atoms with Crippen molar-refractivity contribution >= 4 is 16.9 Å². The van der Waals surface area contributed by atoms with Gasteiger partial charge in [-0.3, -0.25) is 4.99 Å². The van der Waals surface area contributed by atoms with Crippen LogP contribution in [0.4, 0.5) is 0 Å². The van der Waals surface area contributed by atoms with Crippen molar-refractivity contribution in [3.8, 4) is 0 Å². The van der Waals surface area contributed by atoms with Gasteiger partial charge < -0.3 is 10.2 Å². The number of amidine groups is 1. The molecule has 0 saturated heterocycles. The molecule has 112 valence electrons. The molecular weight excluding hydrogens is 254 g/mol. The summed E-state index contributed by atoms with van der Waals surface area (Å²) in [5.41, 5.74) is 0. The van der Waals surface area contributed by atoms with E-state index in [4.69, 9.17) is 0 Å². The summed E-state index contributed by atoms with van der Waals surface area (Å²) in [6, 6.07) is 0. The largest absolute Gasteiger partial charge is 0.364 e. The summed E-state index contributed by atoms with van der Waals surface area (Å²) in [6.07, 6.45) is 3.79. The maximum absolute atomic E-state index is 4.65. The maximum atomic E-state index is 4.65. The van der Waals surface area contributed by atoms with Crippen LogP contribution in [0.1, 0.15) is 47.0 Å². The summed E-state index contributed by atoms with van der Waals surface area (Å²) >= 11 is 1.96. The molecule has 0 amide bonds. The Balaban J connectivity index is 2.21. The van der Waals surface area contributed by atoms with E-state index in [1.54, 1.807) is 0 Å². The van der Waals surface area contributed by atoms with Gasteiger partial charge in [-0.25, -0.2) is 0 Å². The molecule has 1 aliphatic rings. The topological polar surface area (TPSA) is 27.6 Å². The number of hydrogen-bond donors (Lipinski definition) is 1. The number of rotatable bonds is 9. The Bertz CT molecular complexity index is 264. The molecular formula is C15H31N3S. The van der Waals surface area contributed by atoms with Crippen molar-refractivity contribution in [3.63, 3.8) is 0 Å². The number of thioether (sulfide) groups is 1. The first kappa shape index (κ1) is 16.8. The second kappa shape index (κ2) is 9.65. The lowest BCUT2D eigenvalue weighted by Crippen LogP contribution is -2.34. The lowest BCUT2D eigenvalue weighted by Gasteiger charge is -2.20. The fourth-order valence-electron chi connectivity index (χ4n) is 2.61. The second-order valence-corrected chi connectivity index (χ2v) is 6.47. The Hall–Kier alpha value is -0.220. The number of aliphatic imine (C=N–C) groups is 1. The Kier molecular flexibility index (Phi) is 8.55. The van der Waals surface area contributed by atoms with Crippen LogP contribution in [-0.4, -0.2) is 48.0 Å². The predicted molar refractivity (Wildman–Crippen MR) is 88.2 cm³/mol. The van der Waals surface area contributed by atoms with Crippen molar-refractivity contribution in [1.29, 1.82) is 0 Å². The summed E-state index contributed by atoms with van der Waals surface area (Å²) < 4.78 is 0. The zero-order chi connectivity index (χ0) is 14.1. The minimum Gasteiger partial charge on any atom is -0.364 e. The van der Waals surface area contributed by atoms with Gasteiger partial charge in [0.2, 0.25) is 0 Å². The fraction of sp³-hybridized carbons (Fsp3) is 0.933. The van der Waals surface area contributed by atoms with Crippen molar-refractivity contribution in [2.75, 3.05) is 32.7 Å². The smallest absolute Gasteiger partial charge is 0.156 e. The highest BCUT2D eigenvalue weighted by molar-refractivity contribution is 8.14. The molecule has 0 radical (unpaired) electrons. The van der Waals surface area contributed by atoms with Gasteiger partial charge in [0.05, 0.1) is 6.54 Å². The summed E-state index contributed by atoms with van der Waals surface area (Å²) in [6.45, 7) is 14.6. The molecule has 3 nitrogen and oxygen atoms in total. The second-order valence-electron chi connectivity index (χ2n) is 5.24. The van der Waals surface area contributed by atoms with Crippen LogP contribution in [0.5, 0.6) is 0 Å². The van der Waals surface area contributed by atoms with E-state index in [0.29, 0.717) is 5.25 Å². The Morgan fingerprint density at radius 2 is 2.00 bits per heavy atom. The summed E-state index contributed by atoms with van der Waals surface area (Å²) in [7, 11) is 0. The minimum atomic E-state index is 0.704. The van der Waals surface area contributed by atoms with Gasteiger partial charge >= 0.3 is 0 Å². The van der Waals surface area contributed by atoms with Crippen molar-refractivity contribution in [3.05, 3.63) is 0 Å². The molecule has 0 aromatic rings. The van der Waals surface area contributed by atoms with Crippen molar-refractivity contribution < 1.29 is 0 Å². The van der Waals surface area contributed by atoms with Crippen LogP contribution in [0.2, 0.25) is 0 Å². The molecule has 0 saturated carbocycles. The number of nitrogens with one attached hydrogen (secondary N) is 1. The fourth-order valence-corrected chi connectivity index (χ4v) is 3.96. The van der Waals surface area contributed by atoms with E-state index < -0.39 is 0 Å². The van der Waals surface area contributed by atoms with Gasteiger partial charge in [0, 0.05) is 18.3 Å². The highest BCUT2D eigenvalue weighted by Crippen LogP contribution is 2.30. The van der Waals surface area contributed by atoms with E-state index >= 15 is 0 Å². The maximum Gasteiger partial charge on any atom is 0.156 e. The predicted octanol–water partition coefficient (Wildman–Crippen LogP) is 3.22. The van der Waals surface area contributed by atoms with E-state index in [9.17, 15) is 0 Å². The van der Waals surface area contributed by atoms with E-state index in [0.717, 1.165) is 32.1 Å². The monoisotopic (exact) mass is 285 g/mol. The van der Waals surface area contributed by atoms with E-state index in [1.165, 1.54) is 31.0 Å². The summed E-state index contributed by atoms with van der Waals surface area (Å²) in [5, 5.41) is 5.38. The van der Waals surface area contributed by atoms with Crippen LogP contribution < -0.4 is 5.32 Å². The van der Waals surface area contributed by atoms with Crippen molar-refractivity contribution in [2.45, 2.75) is 52.2 Å². The Labute approximate surface area is 123 Å². The molecule has 0 bridgehead atoms. The van der Waals surface area contributed by atoms with Crippen molar-refractivity contribution in [2.24, 2.45) is 10.9 Å². The van der Waals surface area contributed by atoms with Crippen LogP contribution in [0.3, 0.4) is 0 Å². The molecule has 19 heavy (non-hydrogen) atoms. The molecule has 1 aliphatic heterocycles. The molecule has 1 rings (SSSR count). The van der Waals surface area contributed by atoms with Gasteiger partial charge in [-0.05, 0) is 25.4 Å². The first-order valence-corrected chi connectivity index (χ1v) is 8.80. The van der Waals surface area contributed by atoms with Crippen LogP contribution in [0.15, 0.2) is 4.99 Å². The van der Waals surface area contributed by atoms with Gasteiger partial charge in [0.25, 0.3) is 0 Å². The Morgan fingerprint density at radius 3 is 2.58 bits per heavy atom. The lowest BCUT2D eigenvalue weighted by atomic mass is 9.99. The summed E-state index contributed by atoms with van der Waals surface area (Å²) in [4.78, 5) is 7.14. The standard InChI is InChI=1S/C15H31N3S/c1-5-10-18(8-4)11-9-16-15-17-12-14(19-15)13(6-2)7-3/h13-14H,5-12H2,1-4H3,(H,16,17). The molecule has 0 fully saturated rings. The zero-order valence-corrected chi connectivity index (χ0v) is 13.9. The first-order valence-electron chi connectivity index (χ1n) is 7.92. The lowest BCUT2D eigenvalue weighted by molar-refractivity contribution is 0.293. The van der Waals surface area contributed by atoms with Crippen LogP contribution in [0.25, 0.3) is 0 Å². The molecule has 1 unspecified atom stereocenters. The van der Waals surface area contributed by atoms with Crippen LogP contribution in [0, 0.1) is 5.92 Å². The third-order valence-corrected chi connectivity index (χ3v) is 5.28. The van der Waals surface area contributed by atoms with Crippen LogP contribution in [-0.2, 0) is 0 Å². The third kappa shape index (κ3) is 5.74. The van der Waals surface area contributed by atoms with Gasteiger partial charge in [-0.1, -0.05) is 52.3 Å². The molecule has 0 aromatic heterocycles. The molecule has 0 aromatic carbocycles. The molecule has 1 N–H and O–H groups in total. The van der Waals surface area contributed by atoms with Gasteiger partial charge in [0.1, 0.15) is 0 Å². The van der Waals surface area contributed by atoms with E-state index in [1.807, 2.05) is 11.8 Å². The number of hydrogen-bond acceptors (Lipinski definition) is 4. The normalized spacial score (nSPS) is 19.3. The molecule has 0 aliphatic carbocycles. The molecule has 4 heteroatoms. The summed E-state index contributed by atoms with van der Waals surface area (Å²) in [5.74, 6) is 0.820. The number of likely N-dealkylation sites (N-methyl/N-ethyl adjacent to an activating group) is 1. The van der Waals surface area contributed by atoms with Gasteiger partial charge in [-0.15, -0.1) is 0 Å². The molecule has 0 spiro atoms. The number of nitrogens with zero attached hydrogens (tertiary/aromatic N) is 2. The van der Waals surface area contributed by atoms with Gasteiger partial charge in [-0.2, -0.15) is 0 Å². The average molecular weight is 286 g/mol. The molecule has 1 atom stereocenters. The highest BCUT2D eigenvalue weighted by atomic mass is 32.2. The first-order chi connectivity index (χ1) is 9.24. The van der Waals surface area contributed by atoms with Crippen molar-refractivity contribution in [1.82, 2.24) is 10.2 Å². The quantitative estimate of drug-likeness (QED) is 0.705. The van der Waals surface area contributed by atoms with E-state index in [2.05, 4.69) is 42.9 Å². The van der Waals surface area contributed by atoms with E-state index in [-0.39, 0.29) is 0 Å². The Morgan fingerprint density at radius 1 is 1.26 bits per heavy atom. The van der Waals surface area contributed by atoms with Crippen LogP contribution >= 0.6 is 11.8 Å². The highest BCUT2D eigenvalue weighted by Gasteiger charge is 2.25. The minimum absolute atomic E-state index is 0.704. The van der Waals surface area contributed by atoms with Gasteiger partial charge in [0.15, 0.2) is 5.17 Å². The third-order valence-electron chi connectivity index (χ3n) is 3.94. The zero-order valence-electron chi connectivity index (χ0n) is 13.1. The molecule has 1 heterocycles. The SMILES string of the molecule is CCCN(CC)CCNC1=NCC(C(CC)CC)S1. The average Bonchev–Trinajstić information content (AvgIpc) is 2.88.